The van der Waals surface area contributed by atoms with Gasteiger partial charge in [-0.3, -0.25) is 4.79 Å². The zero-order valence-electron chi connectivity index (χ0n) is 11.1. The molecule has 0 fully saturated rings. The molecule has 0 saturated carbocycles. The molecule has 0 saturated heterocycles. The number of hydrogen-bond acceptors (Lipinski definition) is 2. The summed E-state index contributed by atoms with van der Waals surface area (Å²) < 4.78 is 5.23. The van der Waals surface area contributed by atoms with Crippen molar-refractivity contribution in [3.05, 3.63) is 64.7 Å². The van der Waals surface area contributed by atoms with Crippen LogP contribution in [0.5, 0.6) is 5.75 Å². The SMILES string of the molecule is COc1ccc(C(=O)C2Cc3ccccc32)cc1C. The number of hydrogen-bond donors (Lipinski definition) is 0. The highest BCUT2D eigenvalue weighted by atomic mass is 16.5. The number of ketones is 1. The largest absolute Gasteiger partial charge is 0.496 e. The third kappa shape index (κ3) is 1.93. The Balaban J connectivity index is 1.88. The van der Waals surface area contributed by atoms with Gasteiger partial charge in [-0.2, -0.15) is 0 Å². The maximum atomic E-state index is 12.5. The zero-order chi connectivity index (χ0) is 13.4. The van der Waals surface area contributed by atoms with Crippen molar-refractivity contribution < 1.29 is 9.53 Å². The minimum Gasteiger partial charge on any atom is -0.496 e. The highest BCUT2D eigenvalue weighted by Crippen LogP contribution is 2.37. The van der Waals surface area contributed by atoms with Gasteiger partial charge in [-0.15, -0.1) is 0 Å². The molecule has 0 bridgehead atoms. The fourth-order valence-corrected chi connectivity index (χ4v) is 2.73. The van der Waals surface area contributed by atoms with Gasteiger partial charge in [0.25, 0.3) is 0 Å². The molecular formula is C17H16O2. The molecule has 1 aliphatic rings. The van der Waals surface area contributed by atoms with E-state index < -0.39 is 0 Å². The van der Waals surface area contributed by atoms with Gasteiger partial charge in [0.05, 0.1) is 13.0 Å². The molecule has 96 valence electrons. The summed E-state index contributed by atoms with van der Waals surface area (Å²) in [4.78, 5) is 12.5. The molecular weight excluding hydrogens is 236 g/mol. The Morgan fingerprint density at radius 2 is 2.00 bits per heavy atom. The maximum absolute atomic E-state index is 12.5. The number of benzene rings is 2. The lowest BCUT2D eigenvalue weighted by molar-refractivity contribution is 0.0949. The predicted molar refractivity (Wildman–Crippen MR) is 74.9 cm³/mol. The van der Waals surface area contributed by atoms with Crippen LogP contribution in [0.4, 0.5) is 0 Å². The summed E-state index contributed by atoms with van der Waals surface area (Å²) in [6.45, 7) is 1.96. The fourth-order valence-electron chi connectivity index (χ4n) is 2.73. The second kappa shape index (κ2) is 4.54. The van der Waals surface area contributed by atoms with Crippen LogP contribution in [0.2, 0.25) is 0 Å². The van der Waals surface area contributed by atoms with Crippen LogP contribution in [-0.4, -0.2) is 12.9 Å². The summed E-state index contributed by atoms with van der Waals surface area (Å²) in [5.74, 6) is 1.07. The molecule has 19 heavy (non-hydrogen) atoms. The van der Waals surface area contributed by atoms with E-state index in [0.717, 1.165) is 23.3 Å². The lowest BCUT2D eigenvalue weighted by Crippen LogP contribution is -2.25. The molecule has 0 spiro atoms. The number of carbonyl (C=O) groups is 1. The Morgan fingerprint density at radius 1 is 1.21 bits per heavy atom. The van der Waals surface area contributed by atoms with Gasteiger partial charge in [0, 0.05) is 5.56 Å². The second-order valence-corrected chi connectivity index (χ2v) is 5.00. The van der Waals surface area contributed by atoms with Crippen LogP contribution in [-0.2, 0) is 6.42 Å². The summed E-state index contributed by atoms with van der Waals surface area (Å²) in [7, 11) is 1.64. The minimum atomic E-state index is 0.0315. The van der Waals surface area contributed by atoms with Gasteiger partial charge in [0.15, 0.2) is 5.78 Å². The van der Waals surface area contributed by atoms with Crippen LogP contribution in [0.1, 0.15) is 33.0 Å². The molecule has 0 heterocycles. The third-order valence-electron chi connectivity index (χ3n) is 3.85. The third-order valence-corrected chi connectivity index (χ3v) is 3.85. The molecule has 3 rings (SSSR count). The Morgan fingerprint density at radius 3 is 2.68 bits per heavy atom. The smallest absolute Gasteiger partial charge is 0.170 e. The number of carbonyl (C=O) groups excluding carboxylic acids is 1. The number of fused-ring (bicyclic) bond motifs is 1. The lowest BCUT2D eigenvalue weighted by atomic mass is 9.74. The van der Waals surface area contributed by atoms with E-state index in [2.05, 4.69) is 12.1 Å². The number of ether oxygens (including phenoxy) is 1. The first kappa shape index (κ1) is 12.0. The van der Waals surface area contributed by atoms with Crippen molar-refractivity contribution >= 4 is 5.78 Å². The van der Waals surface area contributed by atoms with E-state index in [1.54, 1.807) is 7.11 Å². The van der Waals surface area contributed by atoms with Crippen LogP contribution in [0.3, 0.4) is 0 Å². The molecule has 1 unspecified atom stereocenters. The summed E-state index contributed by atoms with van der Waals surface area (Å²) >= 11 is 0. The van der Waals surface area contributed by atoms with Crippen LogP contribution < -0.4 is 4.74 Å². The van der Waals surface area contributed by atoms with Crippen molar-refractivity contribution in [2.75, 3.05) is 7.11 Å². The molecule has 0 aliphatic heterocycles. The molecule has 0 radical (unpaired) electrons. The fraction of sp³-hybridized carbons (Fsp3) is 0.235. The monoisotopic (exact) mass is 252 g/mol. The lowest BCUT2D eigenvalue weighted by Gasteiger charge is -2.29. The van der Waals surface area contributed by atoms with E-state index in [9.17, 15) is 4.79 Å². The quantitative estimate of drug-likeness (QED) is 0.781. The van der Waals surface area contributed by atoms with Gasteiger partial charge in [-0.25, -0.2) is 0 Å². The van der Waals surface area contributed by atoms with Crippen LogP contribution >= 0.6 is 0 Å². The number of Topliss-reactive ketones (excluding diaryl/α,β-unsaturated/α-hetero) is 1. The molecule has 1 aliphatic carbocycles. The normalized spacial score (nSPS) is 16.4. The molecule has 2 aromatic carbocycles. The van der Waals surface area contributed by atoms with Crippen LogP contribution in [0.25, 0.3) is 0 Å². The van der Waals surface area contributed by atoms with Crippen molar-refractivity contribution in [2.45, 2.75) is 19.3 Å². The minimum absolute atomic E-state index is 0.0315. The van der Waals surface area contributed by atoms with E-state index in [0.29, 0.717) is 0 Å². The Hall–Kier alpha value is -2.09. The van der Waals surface area contributed by atoms with E-state index in [1.165, 1.54) is 11.1 Å². The van der Waals surface area contributed by atoms with Crippen molar-refractivity contribution in [1.82, 2.24) is 0 Å². The Bertz CT molecular complexity index is 643. The average Bonchev–Trinajstić information content (AvgIpc) is 2.40. The summed E-state index contributed by atoms with van der Waals surface area (Å²) in [6.07, 6.45) is 0.861. The topological polar surface area (TPSA) is 26.3 Å². The zero-order valence-corrected chi connectivity index (χ0v) is 11.1. The van der Waals surface area contributed by atoms with Crippen molar-refractivity contribution in [1.29, 1.82) is 0 Å². The molecule has 2 nitrogen and oxygen atoms in total. The van der Waals surface area contributed by atoms with Crippen molar-refractivity contribution in [2.24, 2.45) is 0 Å². The summed E-state index contributed by atoms with van der Waals surface area (Å²) in [5, 5.41) is 0. The molecule has 1 atom stereocenters. The van der Waals surface area contributed by atoms with Crippen LogP contribution in [0, 0.1) is 6.92 Å². The highest BCUT2D eigenvalue weighted by Gasteiger charge is 2.32. The molecule has 0 aromatic heterocycles. The highest BCUT2D eigenvalue weighted by molar-refractivity contribution is 6.02. The first-order chi connectivity index (χ1) is 9.20. The molecule has 0 amide bonds. The van der Waals surface area contributed by atoms with Gasteiger partial charge in [0.2, 0.25) is 0 Å². The van der Waals surface area contributed by atoms with Gasteiger partial charge in [-0.05, 0) is 48.2 Å². The number of rotatable bonds is 3. The van der Waals surface area contributed by atoms with Gasteiger partial charge < -0.3 is 4.74 Å². The first-order valence-corrected chi connectivity index (χ1v) is 6.47. The Kier molecular flexibility index (Phi) is 2.86. The standard InChI is InChI=1S/C17H16O2/c1-11-9-13(7-8-16(11)19-2)17(18)15-10-12-5-3-4-6-14(12)15/h3-9,15H,10H2,1-2H3. The van der Waals surface area contributed by atoms with Gasteiger partial charge >= 0.3 is 0 Å². The molecule has 2 heteroatoms. The second-order valence-electron chi connectivity index (χ2n) is 5.00. The first-order valence-electron chi connectivity index (χ1n) is 6.47. The van der Waals surface area contributed by atoms with Crippen LogP contribution in [0.15, 0.2) is 42.5 Å². The van der Waals surface area contributed by atoms with E-state index in [-0.39, 0.29) is 11.7 Å². The average molecular weight is 252 g/mol. The summed E-state index contributed by atoms with van der Waals surface area (Å²) in [5.41, 5.74) is 4.26. The van der Waals surface area contributed by atoms with Gasteiger partial charge in [-0.1, -0.05) is 24.3 Å². The number of aryl methyl sites for hydroxylation is 1. The summed E-state index contributed by atoms with van der Waals surface area (Å²) in [6, 6.07) is 13.8. The van der Waals surface area contributed by atoms with Crippen molar-refractivity contribution in [3.63, 3.8) is 0 Å². The van der Waals surface area contributed by atoms with E-state index >= 15 is 0 Å². The molecule has 0 N–H and O–H groups in total. The Labute approximate surface area is 113 Å². The molecule has 2 aromatic rings. The number of methoxy groups -OCH3 is 1. The predicted octanol–water partition coefficient (Wildman–Crippen LogP) is 3.53. The van der Waals surface area contributed by atoms with E-state index in [4.69, 9.17) is 4.74 Å². The van der Waals surface area contributed by atoms with Crippen molar-refractivity contribution in [3.8, 4) is 5.75 Å². The maximum Gasteiger partial charge on any atom is 0.170 e. The van der Waals surface area contributed by atoms with E-state index in [1.807, 2.05) is 37.3 Å². The van der Waals surface area contributed by atoms with Gasteiger partial charge in [0.1, 0.15) is 5.75 Å².